The molecule has 1 N–H and O–H groups in total. The largest absolute Gasteiger partial charge is 0.493 e. The van der Waals surface area contributed by atoms with E-state index in [0.29, 0.717) is 6.61 Å². The van der Waals surface area contributed by atoms with Gasteiger partial charge in [0.2, 0.25) is 0 Å². The van der Waals surface area contributed by atoms with Crippen molar-refractivity contribution >= 4 is 5.69 Å². The molecule has 2 nitrogen and oxygen atoms in total. The first-order chi connectivity index (χ1) is 12.2. The molecule has 0 atom stereocenters. The van der Waals surface area contributed by atoms with Gasteiger partial charge in [0.05, 0.1) is 6.61 Å². The van der Waals surface area contributed by atoms with E-state index in [2.05, 4.69) is 79.8 Å². The number of aryl methyl sites for hydroxylation is 2. The van der Waals surface area contributed by atoms with Crippen LogP contribution in [0.5, 0.6) is 5.75 Å². The summed E-state index contributed by atoms with van der Waals surface area (Å²) in [7, 11) is 0. The monoisotopic (exact) mass is 331 g/mol. The molecule has 3 rings (SSSR count). The van der Waals surface area contributed by atoms with Crippen LogP contribution < -0.4 is 10.1 Å². The molecule has 0 aliphatic carbocycles. The predicted molar refractivity (Wildman–Crippen MR) is 105 cm³/mol. The van der Waals surface area contributed by atoms with E-state index in [-0.39, 0.29) is 0 Å². The molecule has 25 heavy (non-hydrogen) atoms. The minimum absolute atomic E-state index is 0.692. The van der Waals surface area contributed by atoms with Gasteiger partial charge in [0.1, 0.15) is 5.75 Å². The molecule has 0 amide bonds. The summed E-state index contributed by atoms with van der Waals surface area (Å²) in [4.78, 5) is 0. The molecule has 0 saturated heterocycles. The molecule has 3 aromatic carbocycles. The highest BCUT2D eigenvalue weighted by atomic mass is 16.5. The Kier molecular flexibility index (Phi) is 5.73. The van der Waals surface area contributed by atoms with E-state index in [4.69, 9.17) is 4.74 Å². The van der Waals surface area contributed by atoms with Crippen LogP contribution in [0.4, 0.5) is 5.69 Å². The molecular formula is C23H25NO. The van der Waals surface area contributed by atoms with Gasteiger partial charge in [-0.15, -0.1) is 0 Å². The summed E-state index contributed by atoms with van der Waals surface area (Å²) >= 11 is 0. The molecule has 0 bridgehead atoms. The van der Waals surface area contributed by atoms with Crippen LogP contribution in [0.3, 0.4) is 0 Å². The van der Waals surface area contributed by atoms with Gasteiger partial charge in [0.25, 0.3) is 0 Å². The standard InChI is InChI=1S/C23H25NO/c1-18-13-19(2)15-22(14-18)24-17-21-9-6-10-23(16-21)25-12-11-20-7-4-3-5-8-20/h3-10,13-16,24H,11-12,17H2,1-2H3. The van der Waals surface area contributed by atoms with Crippen LogP contribution in [-0.2, 0) is 13.0 Å². The van der Waals surface area contributed by atoms with Crippen molar-refractivity contribution in [3.8, 4) is 5.75 Å². The molecule has 2 heteroatoms. The molecule has 0 aliphatic heterocycles. The number of hydrogen-bond acceptors (Lipinski definition) is 2. The quantitative estimate of drug-likeness (QED) is 0.614. The van der Waals surface area contributed by atoms with Crippen molar-refractivity contribution in [2.75, 3.05) is 11.9 Å². The van der Waals surface area contributed by atoms with Gasteiger partial charge < -0.3 is 10.1 Å². The number of nitrogens with one attached hydrogen (secondary N) is 1. The van der Waals surface area contributed by atoms with Crippen molar-refractivity contribution in [2.45, 2.75) is 26.8 Å². The van der Waals surface area contributed by atoms with Gasteiger partial charge in [-0.1, -0.05) is 48.5 Å². The lowest BCUT2D eigenvalue weighted by Gasteiger charge is -2.11. The number of anilines is 1. The molecule has 0 fully saturated rings. The van der Waals surface area contributed by atoms with Crippen LogP contribution in [-0.4, -0.2) is 6.61 Å². The number of hydrogen-bond donors (Lipinski definition) is 1. The fourth-order valence-electron chi connectivity index (χ4n) is 2.96. The van der Waals surface area contributed by atoms with Crippen molar-refractivity contribution in [1.29, 1.82) is 0 Å². The summed E-state index contributed by atoms with van der Waals surface area (Å²) in [5.74, 6) is 0.927. The van der Waals surface area contributed by atoms with Gasteiger partial charge in [-0.2, -0.15) is 0 Å². The Morgan fingerprint density at radius 2 is 1.48 bits per heavy atom. The highest BCUT2D eigenvalue weighted by Crippen LogP contribution is 2.17. The summed E-state index contributed by atoms with van der Waals surface area (Å²) in [6, 6.07) is 25.3. The van der Waals surface area contributed by atoms with Crippen molar-refractivity contribution in [1.82, 2.24) is 0 Å². The Morgan fingerprint density at radius 1 is 0.760 bits per heavy atom. The zero-order valence-corrected chi connectivity index (χ0v) is 15.0. The minimum Gasteiger partial charge on any atom is -0.493 e. The average Bonchev–Trinajstić information content (AvgIpc) is 2.61. The normalized spacial score (nSPS) is 10.5. The second-order valence-corrected chi connectivity index (χ2v) is 6.46. The van der Waals surface area contributed by atoms with E-state index >= 15 is 0 Å². The first-order valence-corrected chi connectivity index (χ1v) is 8.77. The molecule has 0 saturated carbocycles. The van der Waals surface area contributed by atoms with Crippen molar-refractivity contribution in [3.63, 3.8) is 0 Å². The van der Waals surface area contributed by atoms with E-state index in [1.165, 1.54) is 22.3 Å². The average molecular weight is 331 g/mol. The topological polar surface area (TPSA) is 21.3 Å². The fourth-order valence-corrected chi connectivity index (χ4v) is 2.96. The Balaban J connectivity index is 1.54. The molecule has 0 spiro atoms. The van der Waals surface area contributed by atoms with Gasteiger partial charge in [0, 0.05) is 18.7 Å². The second-order valence-electron chi connectivity index (χ2n) is 6.46. The summed E-state index contributed by atoms with van der Waals surface area (Å²) in [6.07, 6.45) is 0.923. The van der Waals surface area contributed by atoms with E-state index < -0.39 is 0 Å². The summed E-state index contributed by atoms with van der Waals surface area (Å²) in [5.41, 5.74) is 6.24. The van der Waals surface area contributed by atoms with Crippen LogP contribution in [0, 0.1) is 13.8 Å². The molecular weight excluding hydrogens is 306 g/mol. The molecule has 0 heterocycles. The lowest BCUT2D eigenvalue weighted by molar-refractivity contribution is 0.321. The van der Waals surface area contributed by atoms with Crippen molar-refractivity contribution in [3.05, 3.63) is 95.1 Å². The maximum atomic E-state index is 5.91. The Bertz CT molecular complexity index is 791. The zero-order valence-electron chi connectivity index (χ0n) is 15.0. The zero-order chi connectivity index (χ0) is 17.5. The first-order valence-electron chi connectivity index (χ1n) is 8.77. The van der Waals surface area contributed by atoms with Gasteiger partial charge >= 0.3 is 0 Å². The van der Waals surface area contributed by atoms with Gasteiger partial charge in [-0.05, 0) is 60.4 Å². The molecule has 0 aromatic heterocycles. The molecule has 0 unspecified atom stereocenters. The van der Waals surface area contributed by atoms with Gasteiger partial charge in [0.15, 0.2) is 0 Å². The summed E-state index contributed by atoms with van der Waals surface area (Å²) in [5, 5.41) is 3.50. The summed E-state index contributed by atoms with van der Waals surface area (Å²) < 4.78 is 5.91. The predicted octanol–water partition coefficient (Wildman–Crippen LogP) is 5.54. The first kappa shape index (κ1) is 17.1. The van der Waals surface area contributed by atoms with Crippen LogP contribution in [0.1, 0.15) is 22.3 Å². The highest BCUT2D eigenvalue weighted by Gasteiger charge is 2.00. The van der Waals surface area contributed by atoms with Gasteiger partial charge in [-0.3, -0.25) is 0 Å². The number of rotatable bonds is 7. The van der Waals surface area contributed by atoms with Crippen molar-refractivity contribution in [2.24, 2.45) is 0 Å². The number of benzene rings is 3. The maximum Gasteiger partial charge on any atom is 0.119 e. The maximum absolute atomic E-state index is 5.91. The minimum atomic E-state index is 0.692. The van der Waals surface area contributed by atoms with Crippen LogP contribution in [0.2, 0.25) is 0 Å². The second kappa shape index (κ2) is 8.39. The third-order valence-electron chi connectivity index (χ3n) is 4.12. The third-order valence-corrected chi connectivity index (χ3v) is 4.12. The Hall–Kier alpha value is -2.74. The Morgan fingerprint density at radius 3 is 2.24 bits per heavy atom. The van der Waals surface area contributed by atoms with Crippen LogP contribution >= 0.6 is 0 Å². The molecule has 0 radical (unpaired) electrons. The molecule has 3 aromatic rings. The van der Waals surface area contributed by atoms with Crippen LogP contribution in [0.15, 0.2) is 72.8 Å². The molecule has 128 valence electrons. The van der Waals surface area contributed by atoms with E-state index in [9.17, 15) is 0 Å². The van der Waals surface area contributed by atoms with E-state index in [1.807, 2.05) is 12.1 Å². The SMILES string of the molecule is Cc1cc(C)cc(NCc2cccc(OCCc3ccccc3)c2)c1. The van der Waals surface area contributed by atoms with E-state index in [1.54, 1.807) is 0 Å². The lowest BCUT2D eigenvalue weighted by Crippen LogP contribution is -2.03. The third kappa shape index (κ3) is 5.39. The highest BCUT2D eigenvalue weighted by molar-refractivity contribution is 5.49. The lowest BCUT2D eigenvalue weighted by atomic mass is 10.1. The Labute approximate surface area is 150 Å². The van der Waals surface area contributed by atoms with E-state index in [0.717, 1.165) is 24.4 Å². The number of ether oxygens (including phenoxy) is 1. The van der Waals surface area contributed by atoms with Gasteiger partial charge in [-0.25, -0.2) is 0 Å². The smallest absolute Gasteiger partial charge is 0.119 e. The van der Waals surface area contributed by atoms with Crippen LogP contribution in [0.25, 0.3) is 0 Å². The van der Waals surface area contributed by atoms with Crippen molar-refractivity contribution < 1.29 is 4.74 Å². The summed E-state index contributed by atoms with van der Waals surface area (Å²) in [6.45, 7) is 5.73. The fraction of sp³-hybridized carbons (Fsp3) is 0.217. The molecule has 0 aliphatic rings.